The number of aliphatic hydroxyl groups excluding tert-OH is 2. The Bertz CT molecular complexity index is 1040. The van der Waals surface area contributed by atoms with Crippen molar-refractivity contribution >= 4 is 41.0 Å². The molecule has 0 aromatic heterocycles. The molecule has 0 radical (unpaired) electrons. The van der Waals surface area contributed by atoms with E-state index in [1.807, 2.05) is 6.07 Å². The molecule has 2 aliphatic rings. The van der Waals surface area contributed by atoms with Gasteiger partial charge in [0.2, 0.25) is 0 Å². The van der Waals surface area contributed by atoms with Gasteiger partial charge in [0.25, 0.3) is 0 Å². The first kappa shape index (κ1) is 30.2. The summed E-state index contributed by atoms with van der Waals surface area (Å²) in [5.41, 5.74) is 6.69. The summed E-state index contributed by atoms with van der Waals surface area (Å²) in [6, 6.07) is 13.4. The normalized spacial score (nSPS) is 17.2. The Hall–Kier alpha value is -2.30. The van der Waals surface area contributed by atoms with E-state index >= 15 is 0 Å². The second kappa shape index (κ2) is 15.3. The number of aliphatic carboxylic acids is 2. The highest BCUT2D eigenvalue weighted by Crippen LogP contribution is 2.32. The Kier molecular flexibility index (Phi) is 12.2. The van der Waals surface area contributed by atoms with Crippen molar-refractivity contribution in [2.75, 3.05) is 18.4 Å². The van der Waals surface area contributed by atoms with Gasteiger partial charge >= 0.3 is 11.9 Å². The highest BCUT2D eigenvalue weighted by Gasteiger charge is 2.29. The quantitative estimate of drug-likeness (QED) is 0.266. The summed E-state index contributed by atoms with van der Waals surface area (Å²) >= 11 is 8.68. The van der Waals surface area contributed by atoms with Crippen LogP contribution in [-0.4, -0.2) is 62.9 Å². The molecule has 0 spiro atoms. The first-order valence-corrected chi connectivity index (χ1v) is 14.4. The summed E-state index contributed by atoms with van der Waals surface area (Å²) in [6.45, 7) is 2.89. The van der Waals surface area contributed by atoms with Crippen molar-refractivity contribution in [1.29, 1.82) is 0 Å². The van der Waals surface area contributed by atoms with Crippen LogP contribution >= 0.6 is 23.4 Å². The first-order valence-electron chi connectivity index (χ1n) is 13.0. The van der Waals surface area contributed by atoms with Crippen LogP contribution in [0.5, 0.6) is 0 Å². The Morgan fingerprint density at radius 2 is 1.53 bits per heavy atom. The van der Waals surface area contributed by atoms with E-state index in [4.69, 9.17) is 32.0 Å². The largest absolute Gasteiger partial charge is 0.479 e. The van der Waals surface area contributed by atoms with Gasteiger partial charge < -0.3 is 31.1 Å². The van der Waals surface area contributed by atoms with Crippen molar-refractivity contribution in [2.24, 2.45) is 0 Å². The van der Waals surface area contributed by atoms with Crippen molar-refractivity contribution in [3.8, 4) is 0 Å². The minimum atomic E-state index is -2.27. The number of benzene rings is 2. The van der Waals surface area contributed by atoms with Gasteiger partial charge in [-0.15, -0.1) is 0 Å². The fourth-order valence-corrected chi connectivity index (χ4v) is 6.13. The molecule has 38 heavy (non-hydrogen) atoms. The van der Waals surface area contributed by atoms with Crippen LogP contribution in [0.3, 0.4) is 0 Å². The molecule has 10 heteroatoms. The molecule has 1 aliphatic carbocycles. The SMILES string of the molecule is Clc1ccc2c(c1NCc1ccc(CSC3CCCCC3)cc1)CCNCC2.O=C(O)[C@H](O)[C@@H](O)C(=O)O. The van der Waals surface area contributed by atoms with Gasteiger partial charge in [0, 0.05) is 17.5 Å². The predicted octanol–water partition coefficient (Wildman–Crippen LogP) is 4.08. The van der Waals surface area contributed by atoms with Crippen LogP contribution in [0.2, 0.25) is 5.02 Å². The van der Waals surface area contributed by atoms with Crippen LogP contribution in [-0.2, 0) is 34.7 Å². The molecule has 0 amide bonds. The standard InChI is InChI=1S/C24H31ClN2S.C4H6O6/c25-23-11-10-20-12-14-26-15-13-22(20)24(23)27-16-18-6-8-19(9-7-18)17-28-21-4-2-1-3-5-21;5-1(3(7)8)2(6)4(9)10/h6-11,21,26-27H,1-5,12-17H2;1-2,5-6H,(H,7,8)(H,9,10)/t;1-,2-/m.1/s1. The van der Waals surface area contributed by atoms with E-state index in [1.165, 1.54) is 54.4 Å². The lowest BCUT2D eigenvalue weighted by Crippen LogP contribution is -2.39. The predicted molar refractivity (Wildman–Crippen MR) is 151 cm³/mol. The molecule has 4 rings (SSSR count). The monoisotopic (exact) mass is 564 g/mol. The van der Waals surface area contributed by atoms with E-state index in [2.05, 4.69) is 52.7 Å². The Balaban J connectivity index is 0.000000342. The molecule has 1 saturated carbocycles. The average molecular weight is 565 g/mol. The molecule has 1 heterocycles. The molecule has 1 aliphatic heterocycles. The van der Waals surface area contributed by atoms with Crippen LogP contribution in [0.15, 0.2) is 36.4 Å². The number of nitrogens with one attached hydrogen (secondary N) is 2. The third-order valence-electron chi connectivity index (χ3n) is 6.82. The van der Waals surface area contributed by atoms with E-state index in [-0.39, 0.29) is 0 Å². The highest BCUT2D eigenvalue weighted by molar-refractivity contribution is 7.99. The summed E-state index contributed by atoms with van der Waals surface area (Å²) in [7, 11) is 0. The van der Waals surface area contributed by atoms with Crippen molar-refractivity contribution in [3.63, 3.8) is 0 Å². The fourth-order valence-electron chi connectivity index (χ4n) is 4.59. The lowest BCUT2D eigenvalue weighted by molar-refractivity contribution is -0.165. The number of fused-ring (bicyclic) bond motifs is 1. The second-order valence-electron chi connectivity index (χ2n) is 9.62. The van der Waals surface area contributed by atoms with Crippen LogP contribution in [0.4, 0.5) is 5.69 Å². The Morgan fingerprint density at radius 1 is 0.921 bits per heavy atom. The zero-order valence-corrected chi connectivity index (χ0v) is 22.9. The van der Waals surface area contributed by atoms with Crippen LogP contribution in [0.25, 0.3) is 0 Å². The number of carboxylic acid groups (broad SMARTS) is 2. The van der Waals surface area contributed by atoms with Crippen molar-refractivity contribution in [1.82, 2.24) is 5.32 Å². The summed E-state index contributed by atoms with van der Waals surface area (Å²) < 4.78 is 0. The lowest BCUT2D eigenvalue weighted by Gasteiger charge is -2.21. The Morgan fingerprint density at radius 3 is 2.16 bits per heavy atom. The van der Waals surface area contributed by atoms with Gasteiger partial charge in [-0.2, -0.15) is 11.8 Å². The topological polar surface area (TPSA) is 139 Å². The van der Waals surface area contributed by atoms with Crippen molar-refractivity contribution < 1.29 is 30.0 Å². The molecule has 2 atom stereocenters. The van der Waals surface area contributed by atoms with Gasteiger partial charge in [0.1, 0.15) is 0 Å². The van der Waals surface area contributed by atoms with Crippen LogP contribution in [0.1, 0.15) is 54.4 Å². The number of hydrogen-bond donors (Lipinski definition) is 6. The van der Waals surface area contributed by atoms with Crippen LogP contribution in [0, 0.1) is 0 Å². The number of rotatable bonds is 9. The summed E-state index contributed by atoms with van der Waals surface area (Å²) in [5.74, 6) is -2.39. The van der Waals surface area contributed by atoms with E-state index < -0.39 is 24.1 Å². The maximum atomic E-state index is 9.77. The maximum Gasteiger partial charge on any atom is 0.335 e. The molecular formula is C28H37ClN2O6S. The van der Waals surface area contributed by atoms with Gasteiger partial charge in [-0.3, -0.25) is 0 Å². The van der Waals surface area contributed by atoms with E-state index in [1.54, 1.807) is 0 Å². The number of carboxylic acids is 2. The van der Waals surface area contributed by atoms with Gasteiger partial charge in [-0.1, -0.05) is 61.2 Å². The number of halogens is 1. The van der Waals surface area contributed by atoms with Gasteiger partial charge in [0.05, 0.1) is 10.7 Å². The molecule has 6 N–H and O–H groups in total. The zero-order valence-electron chi connectivity index (χ0n) is 21.4. The van der Waals surface area contributed by atoms with Crippen LogP contribution < -0.4 is 10.6 Å². The Labute approximate surface area is 232 Å². The van der Waals surface area contributed by atoms with Crippen molar-refractivity contribution in [2.45, 2.75) is 74.7 Å². The fraction of sp³-hybridized carbons (Fsp3) is 0.500. The third-order valence-corrected chi connectivity index (χ3v) is 8.58. The zero-order chi connectivity index (χ0) is 27.5. The molecule has 208 valence electrons. The first-order chi connectivity index (χ1) is 18.3. The molecule has 0 unspecified atom stereocenters. The van der Waals surface area contributed by atoms with Crippen molar-refractivity contribution in [3.05, 3.63) is 63.7 Å². The molecule has 2 aromatic rings. The van der Waals surface area contributed by atoms with Gasteiger partial charge in [-0.25, -0.2) is 9.59 Å². The molecular weight excluding hydrogens is 528 g/mol. The number of anilines is 1. The molecule has 1 fully saturated rings. The minimum absolute atomic E-state index is 0.819. The average Bonchev–Trinajstić information content (AvgIpc) is 3.18. The number of aliphatic hydroxyl groups is 2. The van der Waals surface area contributed by atoms with Gasteiger partial charge in [-0.05, 0) is 67.1 Å². The highest BCUT2D eigenvalue weighted by atomic mass is 35.5. The van der Waals surface area contributed by atoms with E-state index in [0.29, 0.717) is 0 Å². The third kappa shape index (κ3) is 9.17. The van der Waals surface area contributed by atoms with E-state index in [0.717, 1.165) is 54.2 Å². The second-order valence-corrected chi connectivity index (χ2v) is 11.3. The van der Waals surface area contributed by atoms with E-state index in [9.17, 15) is 9.59 Å². The number of hydrogen-bond acceptors (Lipinski definition) is 7. The molecule has 0 bridgehead atoms. The maximum absolute atomic E-state index is 9.77. The smallest absolute Gasteiger partial charge is 0.335 e. The summed E-state index contributed by atoms with van der Waals surface area (Å²) in [6.07, 6.45) is 4.67. The van der Waals surface area contributed by atoms with Gasteiger partial charge in [0.15, 0.2) is 12.2 Å². The summed E-state index contributed by atoms with van der Waals surface area (Å²) in [5, 5.41) is 41.3. The lowest BCUT2D eigenvalue weighted by atomic mass is 10.0. The molecule has 8 nitrogen and oxygen atoms in total. The number of thioether (sulfide) groups is 1. The summed E-state index contributed by atoms with van der Waals surface area (Å²) in [4.78, 5) is 19.5. The molecule has 2 aromatic carbocycles. The number of carbonyl (C=O) groups is 2. The molecule has 0 saturated heterocycles. The minimum Gasteiger partial charge on any atom is -0.479 e.